The Labute approximate surface area is 105 Å². The molecule has 3 N–H and O–H groups in total. The Morgan fingerprint density at radius 1 is 1.41 bits per heavy atom. The van der Waals surface area contributed by atoms with Crippen LogP contribution in [0.5, 0.6) is 0 Å². The standard InChI is InChI=1S/C15H24N2/c1-2-3-11-15(17-16)14-10-6-8-12-7-4-5-9-13(12)14/h4-5,7,9,14-15,17H,2-3,6,8,10-11,16H2,1H3. The lowest BCUT2D eigenvalue weighted by molar-refractivity contribution is 0.370. The van der Waals surface area contributed by atoms with Crippen LogP contribution in [-0.4, -0.2) is 6.04 Å². The molecule has 0 saturated carbocycles. The number of fused-ring (bicyclic) bond motifs is 1. The molecule has 0 amide bonds. The Morgan fingerprint density at radius 3 is 3.00 bits per heavy atom. The van der Waals surface area contributed by atoms with Crippen LogP contribution in [0.3, 0.4) is 0 Å². The Hall–Kier alpha value is -0.860. The summed E-state index contributed by atoms with van der Waals surface area (Å²) in [4.78, 5) is 0. The second kappa shape index (κ2) is 6.18. The molecule has 1 aliphatic rings. The second-order valence-corrected chi connectivity index (χ2v) is 5.11. The van der Waals surface area contributed by atoms with E-state index in [0.717, 1.165) is 0 Å². The van der Waals surface area contributed by atoms with Crippen molar-refractivity contribution in [3.8, 4) is 0 Å². The smallest absolute Gasteiger partial charge is 0.0279 e. The van der Waals surface area contributed by atoms with Gasteiger partial charge in [0.25, 0.3) is 0 Å². The molecule has 2 heteroatoms. The van der Waals surface area contributed by atoms with Crippen molar-refractivity contribution in [1.82, 2.24) is 5.43 Å². The molecule has 94 valence electrons. The molecule has 2 rings (SSSR count). The highest BCUT2D eigenvalue weighted by Gasteiger charge is 2.26. The molecule has 1 aromatic rings. The summed E-state index contributed by atoms with van der Waals surface area (Å²) >= 11 is 0. The van der Waals surface area contributed by atoms with E-state index in [2.05, 4.69) is 36.6 Å². The van der Waals surface area contributed by atoms with Gasteiger partial charge in [0.1, 0.15) is 0 Å². The first-order valence-corrected chi connectivity index (χ1v) is 6.90. The molecule has 1 aliphatic carbocycles. The topological polar surface area (TPSA) is 38.0 Å². The van der Waals surface area contributed by atoms with Gasteiger partial charge in [-0.25, -0.2) is 0 Å². The largest absolute Gasteiger partial charge is 0.271 e. The monoisotopic (exact) mass is 232 g/mol. The van der Waals surface area contributed by atoms with Crippen molar-refractivity contribution in [2.75, 3.05) is 0 Å². The van der Waals surface area contributed by atoms with E-state index in [1.807, 2.05) is 0 Å². The van der Waals surface area contributed by atoms with Crippen LogP contribution in [-0.2, 0) is 6.42 Å². The average Bonchev–Trinajstić information content (AvgIpc) is 2.40. The molecule has 0 radical (unpaired) electrons. The first-order valence-electron chi connectivity index (χ1n) is 6.90. The number of rotatable bonds is 5. The van der Waals surface area contributed by atoms with Crippen molar-refractivity contribution >= 4 is 0 Å². The van der Waals surface area contributed by atoms with Gasteiger partial charge in [0.2, 0.25) is 0 Å². The molecule has 0 spiro atoms. The third-order valence-electron chi connectivity index (χ3n) is 3.98. The summed E-state index contributed by atoms with van der Waals surface area (Å²) in [5, 5.41) is 0. The highest BCUT2D eigenvalue weighted by molar-refractivity contribution is 5.33. The number of nitrogens with two attached hydrogens (primary N) is 1. The second-order valence-electron chi connectivity index (χ2n) is 5.11. The zero-order valence-corrected chi connectivity index (χ0v) is 10.8. The molecule has 0 bridgehead atoms. The van der Waals surface area contributed by atoms with Crippen LogP contribution in [0.1, 0.15) is 56.1 Å². The van der Waals surface area contributed by atoms with Gasteiger partial charge >= 0.3 is 0 Å². The molecule has 17 heavy (non-hydrogen) atoms. The van der Waals surface area contributed by atoms with E-state index in [9.17, 15) is 0 Å². The van der Waals surface area contributed by atoms with Gasteiger partial charge in [0.15, 0.2) is 0 Å². The maximum atomic E-state index is 5.75. The molecule has 0 aliphatic heterocycles. The molecule has 0 saturated heterocycles. The normalized spacial score (nSPS) is 20.9. The molecule has 2 nitrogen and oxygen atoms in total. The van der Waals surface area contributed by atoms with Crippen molar-refractivity contribution in [1.29, 1.82) is 0 Å². The van der Waals surface area contributed by atoms with E-state index in [-0.39, 0.29) is 0 Å². The van der Waals surface area contributed by atoms with Crippen LogP contribution in [0.15, 0.2) is 24.3 Å². The van der Waals surface area contributed by atoms with Gasteiger partial charge in [-0.3, -0.25) is 11.3 Å². The van der Waals surface area contributed by atoms with Crippen molar-refractivity contribution in [2.45, 2.75) is 57.4 Å². The van der Waals surface area contributed by atoms with Crippen molar-refractivity contribution in [3.05, 3.63) is 35.4 Å². The fourth-order valence-electron chi connectivity index (χ4n) is 3.03. The first kappa shape index (κ1) is 12.6. The Bertz CT molecular complexity index is 349. The lowest BCUT2D eigenvalue weighted by Crippen LogP contribution is -2.40. The number of hydrogen-bond donors (Lipinski definition) is 2. The quantitative estimate of drug-likeness (QED) is 0.604. The van der Waals surface area contributed by atoms with Crippen LogP contribution < -0.4 is 11.3 Å². The SMILES string of the molecule is CCCCC(NN)C1CCCc2ccccc21. The number of nitrogens with one attached hydrogen (secondary N) is 1. The number of hydrogen-bond acceptors (Lipinski definition) is 2. The van der Waals surface area contributed by atoms with Gasteiger partial charge < -0.3 is 0 Å². The maximum Gasteiger partial charge on any atom is 0.0279 e. The molecule has 0 fully saturated rings. The third kappa shape index (κ3) is 2.88. The minimum Gasteiger partial charge on any atom is -0.271 e. The van der Waals surface area contributed by atoms with E-state index >= 15 is 0 Å². The third-order valence-corrected chi connectivity index (χ3v) is 3.98. The number of aryl methyl sites for hydroxylation is 1. The Balaban J connectivity index is 2.15. The molecule has 1 aromatic carbocycles. The fourth-order valence-corrected chi connectivity index (χ4v) is 3.03. The van der Waals surface area contributed by atoms with Crippen LogP contribution in [0, 0.1) is 0 Å². The van der Waals surface area contributed by atoms with Crippen LogP contribution in [0.25, 0.3) is 0 Å². The summed E-state index contributed by atoms with van der Waals surface area (Å²) < 4.78 is 0. The lowest BCUT2D eigenvalue weighted by Gasteiger charge is -2.32. The summed E-state index contributed by atoms with van der Waals surface area (Å²) in [6.45, 7) is 2.24. The van der Waals surface area contributed by atoms with Crippen molar-refractivity contribution in [3.63, 3.8) is 0 Å². The predicted molar refractivity (Wildman–Crippen MR) is 72.8 cm³/mol. The van der Waals surface area contributed by atoms with Gasteiger partial charge in [-0.2, -0.15) is 0 Å². The minimum absolute atomic E-state index is 0.441. The zero-order chi connectivity index (χ0) is 12.1. The van der Waals surface area contributed by atoms with E-state index in [1.165, 1.54) is 49.7 Å². The van der Waals surface area contributed by atoms with E-state index < -0.39 is 0 Å². The lowest BCUT2D eigenvalue weighted by atomic mass is 9.77. The molecule has 0 heterocycles. The van der Waals surface area contributed by atoms with E-state index in [1.54, 1.807) is 0 Å². The summed E-state index contributed by atoms with van der Waals surface area (Å²) in [6, 6.07) is 9.31. The zero-order valence-electron chi connectivity index (χ0n) is 10.8. The highest BCUT2D eigenvalue weighted by atomic mass is 15.2. The summed E-state index contributed by atoms with van der Waals surface area (Å²) in [5.41, 5.74) is 6.10. The molecule has 0 aromatic heterocycles. The van der Waals surface area contributed by atoms with E-state index in [0.29, 0.717) is 12.0 Å². The van der Waals surface area contributed by atoms with Crippen LogP contribution in [0.2, 0.25) is 0 Å². The summed E-state index contributed by atoms with van der Waals surface area (Å²) in [5.74, 6) is 6.36. The number of unbranched alkanes of at least 4 members (excludes halogenated alkanes) is 1. The van der Waals surface area contributed by atoms with Gasteiger partial charge in [0, 0.05) is 12.0 Å². The Kier molecular flexibility index (Phi) is 4.57. The number of benzene rings is 1. The molecular formula is C15H24N2. The van der Waals surface area contributed by atoms with Crippen molar-refractivity contribution < 1.29 is 0 Å². The fraction of sp³-hybridized carbons (Fsp3) is 0.600. The molecular weight excluding hydrogens is 208 g/mol. The van der Waals surface area contributed by atoms with Gasteiger partial charge in [0.05, 0.1) is 0 Å². The first-order chi connectivity index (χ1) is 8.36. The van der Waals surface area contributed by atoms with Gasteiger partial charge in [-0.1, -0.05) is 44.0 Å². The molecule has 2 atom stereocenters. The van der Waals surface area contributed by atoms with Crippen LogP contribution >= 0.6 is 0 Å². The maximum absolute atomic E-state index is 5.75. The average molecular weight is 232 g/mol. The van der Waals surface area contributed by atoms with Gasteiger partial charge in [-0.15, -0.1) is 0 Å². The summed E-state index contributed by atoms with van der Waals surface area (Å²) in [6.07, 6.45) is 7.49. The van der Waals surface area contributed by atoms with Crippen molar-refractivity contribution in [2.24, 2.45) is 5.84 Å². The molecule has 2 unspecified atom stereocenters. The van der Waals surface area contributed by atoms with Gasteiger partial charge in [-0.05, 0) is 36.8 Å². The minimum atomic E-state index is 0.441. The number of hydrazine groups is 1. The predicted octanol–water partition coefficient (Wildman–Crippen LogP) is 3.13. The summed E-state index contributed by atoms with van der Waals surface area (Å²) in [7, 11) is 0. The van der Waals surface area contributed by atoms with E-state index in [4.69, 9.17) is 5.84 Å². The van der Waals surface area contributed by atoms with Crippen LogP contribution in [0.4, 0.5) is 0 Å². The highest BCUT2D eigenvalue weighted by Crippen LogP contribution is 2.35. The Morgan fingerprint density at radius 2 is 2.24 bits per heavy atom.